The summed E-state index contributed by atoms with van der Waals surface area (Å²) in [6.07, 6.45) is 0. The van der Waals surface area contributed by atoms with Gasteiger partial charge in [-0.2, -0.15) is 0 Å². The first-order valence-corrected chi connectivity index (χ1v) is 8.42. The van der Waals surface area contributed by atoms with E-state index in [4.69, 9.17) is 9.72 Å². The van der Waals surface area contributed by atoms with Crippen molar-refractivity contribution in [1.82, 2.24) is 9.88 Å². The maximum absolute atomic E-state index is 5.48. The van der Waals surface area contributed by atoms with E-state index in [0.29, 0.717) is 0 Å². The summed E-state index contributed by atoms with van der Waals surface area (Å²) in [5.41, 5.74) is 3.31. The smallest absolute Gasteiger partial charge is 0.183 e. The average Bonchev–Trinajstić information content (AvgIpc) is 2.98. The van der Waals surface area contributed by atoms with Crippen LogP contribution in [-0.2, 0) is 0 Å². The Morgan fingerprint density at radius 3 is 2.61 bits per heavy atom. The molecule has 0 aliphatic heterocycles. The molecule has 0 radical (unpaired) electrons. The molecule has 0 saturated carbocycles. The molecular weight excluding hydrogens is 306 g/mol. The van der Waals surface area contributed by atoms with Gasteiger partial charge in [-0.1, -0.05) is 41.7 Å². The van der Waals surface area contributed by atoms with Crippen LogP contribution in [0.1, 0.15) is 0 Å². The molecule has 2 aromatic carbocycles. The van der Waals surface area contributed by atoms with Gasteiger partial charge in [0.25, 0.3) is 0 Å². The second kappa shape index (κ2) is 6.98. The van der Waals surface area contributed by atoms with Crippen LogP contribution in [-0.4, -0.2) is 44.2 Å². The first-order chi connectivity index (χ1) is 11.2. The normalized spacial score (nSPS) is 11.1. The van der Waals surface area contributed by atoms with Crippen LogP contribution in [0.15, 0.2) is 42.5 Å². The SMILES string of the molecule is COc1ccc(-c2ccccc2)c2sc(NCCN(C)C)nc12. The molecule has 3 aromatic rings. The van der Waals surface area contributed by atoms with Crippen molar-refractivity contribution in [2.75, 3.05) is 39.6 Å². The van der Waals surface area contributed by atoms with Gasteiger partial charge < -0.3 is 15.0 Å². The van der Waals surface area contributed by atoms with Crippen molar-refractivity contribution in [3.05, 3.63) is 42.5 Å². The first-order valence-electron chi connectivity index (χ1n) is 7.60. The molecule has 1 N–H and O–H groups in total. The molecule has 23 heavy (non-hydrogen) atoms. The minimum atomic E-state index is 0.816. The van der Waals surface area contributed by atoms with Gasteiger partial charge in [-0.05, 0) is 31.8 Å². The molecule has 0 amide bonds. The first kappa shape index (κ1) is 15.8. The highest BCUT2D eigenvalue weighted by Gasteiger charge is 2.14. The van der Waals surface area contributed by atoms with Crippen LogP contribution in [0, 0.1) is 0 Å². The third-order valence-electron chi connectivity index (χ3n) is 3.65. The van der Waals surface area contributed by atoms with Crippen LogP contribution in [0.4, 0.5) is 5.13 Å². The van der Waals surface area contributed by atoms with Crippen LogP contribution in [0.3, 0.4) is 0 Å². The number of likely N-dealkylation sites (N-methyl/N-ethyl adjacent to an activating group) is 1. The van der Waals surface area contributed by atoms with Crippen LogP contribution in [0.25, 0.3) is 21.3 Å². The number of fused-ring (bicyclic) bond motifs is 1. The van der Waals surface area contributed by atoms with Crippen molar-refractivity contribution >= 4 is 26.7 Å². The zero-order valence-corrected chi connectivity index (χ0v) is 14.5. The third kappa shape index (κ3) is 3.46. The van der Waals surface area contributed by atoms with Gasteiger partial charge in [-0.25, -0.2) is 4.98 Å². The van der Waals surface area contributed by atoms with Gasteiger partial charge in [-0.15, -0.1) is 0 Å². The minimum absolute atomic E-state index is 0.816. The number of ether oxygens (including phenoxy) is 1. The number of thiazole rings is 1. The van der Waals surface area contributed by atoms with E-state index in [1.54, 1.807) is 18.4 Å². The van der Waals surface area contributed by atoms with Gasteiger partial charge in [0.2, 0.25) is 0 Å². The van der Waals surface area contributed by atoms with Crippen molar-refractivity contribution in [2.24, 2.45) is 0 Å². The summed E-state index contributed by atoms with van der Waals surface area (Å²) in [7, 11) is 5.82. The summed E-state index contributed by atoms with van der Waals surface area (Å²) in [5, 5.41) is 4.34. The molecule has 0 aliphatic carbocycles. The number of nitrogens with one attached hydrogen (secondary N) is 1. The number of benzene rings is 2. The van der Waals surface area contributed by atoms with E-state index in [-0.39, 0.29) is 0 Å². The third-order valence-corrected chi connectivity index (χ3v) is 4.69. The second-order valence-corrected chi connectivity index (χ2v) is 6.61. The lowest BCUT2D eigenvalue weighted by Crippen LogP contribution is -2.20. The molecule has 5 heteroatoms. The molecule has 0 unspecified atom stereocenters. The molecule has 0 spiro atoms. The zero-order valence-electron chi connectivity index (χ0n) is 13.7. The zero-order chi connectivity index (χ0) is 16.2. The van der Waals surface area contributed by atoms with E-state index in [1.807, 2.05) is 12.1 Å². The summed E-state index contributed by atoms with van der Waals surface area (Å²) in [4.78, 5) is 6.88. The Bertz CT molecular complexity index is 784. The number of hydrogen-bond acceptors (Lipinski definition) is 5. The monoisotopic (exact) mass is 327 g/mol. The number of anilines is 1. The Kier molecular flexibility index (Phi) is 4.79. The van der Waals surface area contributed by atoms with Gasteiger partial charge in [0.05, 0.1) is 11.8 Å². The summed E-state index contributed by atoms with van der Waals surface area (Å²) in [6.45, 7) is 1.84. The van der Waals surface area contributed by atoms with Gasteiger partial charge >= 0.3 is 0 Å². The van der Waals surface area contributed by atoms with Gasteiger partial charge in [0, 0.05) is 18.7 Å². The molecule has 4 nitrogen and oxygen atoms in total. The van der Waals surface area contributed by atoms with E-state index in [2.05, 4.69) is 54.6 Å². The lowest BCUT2D eigenvalue weighted by molar-refractivity contribution is 0.419. The van der Waals surface area contributed by atoms with Crippen molar-refractivity contribution in [1.29, 1.82) is 0 Å². The highest BCUT2D eigenvalue weighted by molar-refractivity contribution is 7.22. The van der Waals surface area contributed by atoms with E-state index in [1.165, 1.54) is 11.1 Å². The number of nitrogens with zero attached hydrogens (tertiary/aromatic N) is 2. The van der Waals surface area contributed by atoms with E-state index < -0.39 is 0 Å². The molecular formula is C18H21N3OS. The predicted molar refractivity (Wildman–Crippen MR) is 98.7 cm³/mol. The van der Waals surface area contributed by atoms with E-state index >= 15 is 0 Å². The van der Waals surface area contributed by atoms with Crippen molar-refractivity contribution in [2.45, 2.75) is 0 Å². The van der Waals surface area contributed by atoms with Crippen molar-refractivity contribution in [3.8, 4) is 16.9 Å². The highest BCUT2D eigenvalue weighted by Crippen LogP contribution is 2.39. The minimum Gasteiger partial charge on any atom is -0.494 e. The molecule has 120 valence electrons. The van der Waals surface area contributed by atoms with Gasteiger partial charge in [0.1, 0.15) is 11.3 Å². The fraction of sp³-hybridized carbons (Fsp3) is 0.278. The molecule has 0 fully saturated rings. The molecule has 1 heterocycles. The Balaban J connectivity index is 2.00. The molecule has 0 atom stereocenters. The van der Waals surface area contributed by atoms with Crippen LogP contribution < -0.4 is 10.1 Å². The van der Waals surface area contributed by atoms with Gasteiger partial charge in [0.15, 0.2) is 5.13 Å². The predicted octanol–water partition coefficient (Wildman–Crippen LogP) is 3.95. The quantitative estimate of drug-likeness (QED) is 0.744. The maximum Gasteiger partial charge on any atom is 0.183 e. The molecule has 0 bridgehead atoms. The largest absolute Gasteiger partial charge is 0.494 e. The molecule has 0 saturated heterocycles. The van der Waals surface area contributed by atoms with E-state index in [0.717, 1.165) is 34.2 Å². The molecule has 3 rings (SSSR count). The van der Waals surface area contributed by atoms with Crippen LogP contribution >= 0.6 is 11.3 Å². The Morgan fingerprint density at radius 1 is 1.13 bits per heavy atom. The van der Waals surface area contributed by atoms with Crippen LogP contribution in [0.2, 0.25) is 0 Å². The lowest BCUT2D eigenvalue weighted by atomic mass is 10.1. The average molecular weight is 327 g/mol. The van der Waals surface area contributed by atoms with Gasteiger partial charge in [-0.3, -0.25) is 0 Å². The Hall–Kier alpha value is -2.11. The van der Waals surface area contributed by atoms with Crippen molar-refractivity contribution < 1.29 is 4.74 Å². The fourth-order valence-corrected chi connectivity index (χ4v) is 3.50. The summed E-state index contributed by atoms with van der Waals surface area (Å²) >= 11 is 1.68. The summed E-state index contributed by atoms with van der Waals surface area (Å²) < 4.78 is 6.64. The Labute approximate surface area is 140 Å². The number of hydrogen-bond donors (Lipinski definition) is 1. The summed E-state index contributed by atoms with van der Waals surface area (Å²) in [5.74, 6) is 0.816. The fourth-order valence-electron chi connectivity index (χ4n) is 2.46. The summed E-state index contributed by atoms with van der Waals surface area (Å²) in [6, 6.07) is 14.5. The number of aromatic nitrogens is 1. The highest BCUT2D eigenvalue weighted by atomic mass is 32.1. The number of rotatable bonds is 6. The standard InChI is InChI=1S/C18H21N3OS/c1-21(2)12-11-19-18-20-16-15(22-3)10-9-14(17(16)23-18)13-7-5-4-6-8-13/h4-10H,11-12H2,1-3H3,(H,19,20). The second-order valence-electron chi connectivity index (χ2n) is 5.61. The maximum atomic E-state index is 5.48. The van der Waals surface area contributed by atoms with Crippen LogP contribution in [0.5, 0.6) is 5.75 Å². The Morgan fingerprint density at radius 2 is 1.91 bits per heavy atom. The number of methoxy groups -OCH3 is 1. The van der Waals surface area contributed by atoms with Crippen molar-refractivity contribution in [3.63, 3.8) is 0 Å². The molecule has 0 aliphatic rings. The molecule has 1 aromatic heterocycles. The lowest BCUT2D eigenvalue weighted by Gasteiger charge is -2.08. The van der Waals surface area contributed by atoms with E-state index in [9.17, 15) is 0 Å². The topological polar surface area (TPSA) is 37.4 Å².